The smallest absolute Gasteiger partial charge is 0.217 e. The van der Waals surface area contributed by atoms with Crippen LogP contribution < -0.4 is 5.73 Å². The predicted octanol–water partition coefficient (Wildman–Crippen LogP) is 3.32. The van der Waals surface area contributed by atoms with Crippen molar-refractivity contribution in [1.29, 1.82) is 0 Å². The number of carbonyl (C=O) groups is 1. The summed E-state index contributed by atoms with van der Waals surface area (Å²) >= 11 is 1.67. The molecule has 1 aliphatic rings. The number of hydrogen-bond acceptors (Lipinski definition) is 5. The Balaban J connectivity index is 1.54. The zero-order valence-corrected chi connectivity index (χ0v) is 16.5. The maximum absolute atomic E-state index is 11.2. The predicted molar refractivity (Wildman–Crippen MR) is 110 cm³/mol. The van der Waals surface area contributed by atoms with Crippen LogP contribution in [-0.4, -0.2) is 33.4 Å². The van der Waals surface area contributed by atoms with Gasteiger partial charge in [-0.15, -0.1) is 10.2 Å². The average Bonchev–Trinajstić information content (AvgIpc) is 3.35. The molecule has 6 nitrogen and oxygen atoms in total. The van der Waals surface area contributed by atoms with Crippen molar-refractivity contribution in [3.63, 3.8) is 0 Å². The number of aryl methyl sites for hydroxylation is 1. The van der Waals surface area contributed by atoms with Crippen LogP contribution in [0.1, 0.15) is 30.7 Å². The van der Waals surface area contributed by atoms with Crippen molar-refractivity contribution in [2.24, 2.45) is 5.73 Å². The molecule has 4 rings (SSSR count). The number of nitrogens with zero attached hydrogens (tertiary/aromatic N) is 3. The van der Waals surface area contributed by atoms with Crippen LogP contribution >= 0.6 is 11.8 Å². The second-order valence-corrected chi connectivity index (χ2v) is 7.98. The molecule has 3 aromatic rings. The van der Waals surface area contributed by atoms with Crippen LogP contribution in [0.25, 0.3) is 10.8 Å². The van der Waals surface area contributed by atoms with Gasteiger partial charge in [-0.1, -0.05) is 54.2 Å². The fourth-order valence-electron chi connectivity index (χ4n) is 3.58. The zero-order valence-electron chi connectivity index (χ0n) is 15.7. The Kier molecular flexibility index (Phi) is 5.92. The number of hydrogen-bond donors (Lipinski definition) is 1. The summed E-state index contributed by atoms with van der Waals surface area (Å²) in [5.74, 6) is 1.28. The number of thioether (sulfide) groups is 1. The van der Waals surface area contributed by atoms with Gasteiger partial charge in [-0.05, 0) is 29.2 Å². The molecular formula is C21H24N4O2S. The molecule has 1 fully saturated rings. The summed E-state index contributed by atoms with van der Waals surface area (Å²) in [4.78, 5) is 11.2. The monoisotopic (exact) mass is 396 g/mol. The second kappa shape index (κ2) is 8.75. The quantitative estimate of drug-likeness (QED) is 0.591. The number of primary amides is 1. The van der Waals surface area contributed by atoms with E-state index in [9.17, 15) is 4.79 Å². The first-order chi connectivity index (χ1) is 13.7. The maximum atomic E-state index is 11.2. The number of fused-ring (bicyclic) bond motifs is 1. The van der Waals surface area contributed by atoms with E-state index in [1.165, 1.54) is 16.3 Å². The van der Waals surface area contributed by atoms with Gasteiger partial charge < -0.3 is 15.0 Å². The van der Waals surface area contributed by atoms with Crippen molar-refractivity contribution in [1.82, 2.24) is 14.8 Å². The lowest BCUT2D eigenvalue weighted by Gasteiger charge is -2.14. The molecule has 1 amide bonds. The third-order valence-electron chi connectivity index (χ3n) is 5.04. The Morgan fingerprint density at radius 3 is 2.89 bits per heavy atom. The maximum Gasteiger partial charge on any atom is 0.217 e. The summed E-state index contributed by atoms with van der Waals surface area (Å²) in [6, 6.07) is 14.8. The van der Waals surface area contributed by atoms with Crippen molar-refractivity contribution in [3.8, 4) is 0 Å². The first-order valence-electron chi connectivity index (χ1n) is 9.62. The van der Waals surface area contributed by atoms with Crippen LogP contribution in [0.3, 0.4) is 0 Å². The highest BCUT2D eigenvalue weighted by Gasteiger charge is 2.21. The summed E-state index contributed by atoms with van der Waals surface area (Å²) in [5, 5.41) is 12.1. The lowest BCUT2D eigenvalue weighted by Crippen LogP contribution is -2.19. The molecule has 1 aromatic heterocycles. The summed E-state index contributed by atoms with van der Waals surface area (Å²) in [5.41, 5.74) is 6.59. The number of carbonyl (C=O) groups excluding carboxylic acids is 1. The zero-order chi connectivity index (χ0) is 19.3. The number of nitrogens with two attached hydrogens (primary N) is 1. The van der Waals surface area contributed by atoms with Crippen LogP contribution in [0, 0.1) is 0 Å². The number of aromatic nitrogens is 3. The van der Waals surface area contributed by atoms with Gasteiger partial charge in [0, 0.05) is 25.2 Å². The Labute approximate surface area is 168 Å². The lowest BCUT2D eigenvalue weighted by molar-refractivity contribution is -0.118. The molecule has 0 saturated carbocycles. The SMILES string of the molecule is NC(=O)CCc1nnc(SCc2cccc3ccccc23)n1CC1CCCO1. The van der Waals surface area contributed by atoms with Crippen molar-refractivity contribution >= 4 is 28.4 Å². The number of ether oxygens (including phenoxy) is 1. The van der Waals surface area contributed by atoms with Crippen molar-refractivity contribution in [2.75, 3.05) is 6.61 Å². The van der Waals surface area contributed by atoms with E-state index in [1.807, 2.05) is 0 Å². The minimum Gasteiger partial charge on any atom is -0.376 e. The van der Waals surface area contributed by atoms with Crippen molar-refractivity contribution in [2.45, 2.75) is 49.2 Å². The first kappa shape index (κ1) is 19.0. The Hall–Kier alpha value is -2.38. The molecule has 0 spiro atoms. The molecular weight excluding hydrogens is 372 g/mol. The van der Waals surface area contributed by atoms with E-state index in [1.54, 1.807) is 11.8 Å². The van der Waals surface area contributed by atoms with Gasteiger partial charge in [-0.2, -0.15) is 0 Å². The molecule has 2 heterocycles. The van der Waals surface area contributed by atoms with E-state index in [4.69, 9.17) is 10.5 Å². The highest BCUT2D eigenvalue weighted by molar-refractivity contribution is 7.98. The van der Waals surface area contributed by atoms with Crippen LogP contribution in [0.15, 0.2) is 47.6 Å². The van der Waals surface area contributed by atoms with Crippen molar-refractivity contribution in [3.05, 3.63) is 53.9 Å². The molecule has 7 heteroatoms. The van der Waals surface area contributed by atoms with E-state index in [0.29, 0.717) is 6.42 Å². The minimum atomic E-state index is -0.323. The molecule has 146 valence electrons. The molecule has 28 heavy (non-hydrogen) atoms. The van der Waals surface area contributed by atoms with Gasteiger partial charge in [-0.3, -0.25) is 4.79 Å². The summed E-state index contributed by atoms with van der Waals surface area (Å²) in [7, 11) is 0. The molecule has 0 bridgehead atoms. The van der Waals surface area contributed by atoms with Crippen LogP contribution in [0.5, 0.6) is 0 Å². The van der Waals surface area contributed by atoms with E-state index in [-0.39, 0.29) is 18.4 Å². The Morgan fingerprint density at radius 1 is 1.21 bits per heavy atom. The molecule has 0 aliphatic carbocycles. The molecule has 2 N–H and O–H groups in total. The van der Waals surface area contributed by atoms with Gasteiger partial charge in [0.25, 0.3) is 0 Å². The molecule has 1 unspecified atom stereocenters. The lowest BCUT2D eigenvalue weighted by atomic mass is 10.1. The topological polar surface area (TPSA) is 83.0 Å². The fraction of sp³-hybridized carbons (Fsp3) is 0.381. The van der Waals surface area contributed by atoms with Crippen molar-refractivity contribution < 1.29 is 9.53 Å². The van der Waals surface area contributed by atoms with Gasteiger partial charge in [-0.25, -0.2) is 0 Å². The Morgan fingerprint density at radius 2 is 2.07 bits per heavy atom. The third-order valence-corrected chi connectivity index (χ3v) is 6.05. The largest absolute Gasteiger partial charge is 0.376 e. The standard InChI is InChI=1S/C21H24N4O2S/c22-19(26)10-11-20-23-24-21(25(20)13-17-8-4-12-27-17)28-14-16-7-3-6-15-5-1-2-9-18(15)16/h1-3,5-7,9,17H,4,8,10-14H2,(H2,22,26). The van der Waals surface area contributed by atoms with Crippen LogP contribution in [-0.2, 0) is 28.2 Å². The van der Waals surface area contributed by atoms with Gasteiger partial charge in [0.05, 0.1) is 12.6 Å². The minimum absolute atomic E-state index is 0.181. The van der Waals surface area contributed by atoms with E-state index < -0.39 is 0 Å². The Bertz CT molecular complexity index is 961. The van der Waals surface area contributed by atoms with Gasteiger partial charge in [0.15, 0.2) is 5.16 Å². The van der Waals surface area contributed by atoms with E-state index in [2.05, 4.69) is 57.2 Å². The number of rotatable bonds is 8. The van der Waals surface area contributed by atoms with Crippen LogP contribution in [0.2, 0.25) is 0 Å². The fourth-order valence-corrected chi connectivity index (χ4v) is 4.55. The summed E-state index contributed by atoms with van der Waals surface area (Å²) < 4.78 is 7.91. The van der Waals surface area contributed by atoms with E-state index >= 15 is 0 Å². The number of amides is 1. The molecule has 0 radical (unpaired) electrons. The normalized spacial score (nSPS) is 16.6. The van der Waals surface area contributed by atoms with Gasteiger partial charge >= 0.3 is 0 Å². The highest BCUT2D eigenvalue weighted by Crippen LogP contribution is 2.28. The van der Waals surface area contributed by atoms with Gasteiger partial charge in [0.1, 0.15) is 5.82 Å². The third kappa shape index (κ3) is 4.36. The average molecular weight is 397 g/mol. The molecule has 1 aliphatic heterocycles. The highest BCUT2D eigenvalue weighted by atomic mass is 32.2. The molecule has 2 aromatic carbocycles. The summed E-state index contributed by atoms with van der Waals surface area (Å²) in [6.07, 6.45) is 3.09. The molecule has 1 saturated heterocycles. The molecule has 1 atom stereocenters. The van der Waals surface area contributed by atoms with E-state index in [0.717, 1.165) is 42.7 Å². The second-order valence-electron chi connectivity index (χ2n) is 7.04. The van der Waals surface area contributed by atoms with Crippen LogP contribution in [0.4, 0.5) is 0 Å². The summed E-state index contributed by atoms with van der Waals surface area (Å²) in [6.45, 7) is 1.53. The van der Waals surface area contributed by atoms with Gasteiger partial charge in [0.2, 0.25) is 5.91 Å². The first-order valence-corrected chi connectivity index (χ1v) is 10.6. The number of benzene rings is 2.